The molecule has 0 spiro atoms. The number of allylic oxidation sites excluding steroid dienone is 2. The van der Waals surface area contributed by atoms with E-state index in [-0.39, 0.29) is 11.5 Å². The number of aromatic amines is 1. The van der Waals surface area contributed by atoms with Crippen LogP contribution < -0.4 is 0 Å². The zero-order valence-corrected chi connectivity index (χ0v) is 8.04. The van der Waals surface area contributed by atoms with Crippen molar-refractivity contribution >= 4 is 5.71 Å². The lowest BCUT2D eigenvalue weighted by molar-refractivity contribution is 0.399. The van der Waals surface area contributed by atoms with E-state index in [9.17, 15) is 5.11 Å². The molecule has 4 nitrogen and oxygen atoms in total. The zero-order chi connectivity index (χ0) is 10.6. The van der Waals surface area contributed by atoms with Gasteiger partial charge in [0, 0.05) is 24.9 Å². The molecule has 0 saturated heterocycles. The second-order valence-corrected chi connectivity index (χ2v) is 3.12. The molecule has 1 aromatic heterocycles. The Hall–Kier alpha value is -1.84. The monoisotopic (exact) mass is 191 g/mol. The SMILES string of the molecule is C=C(C)C/C(O)=C/C(=N)c1ncc[nH]1. The van der Waals surface area contributed by atoms with Gasteiger partial charge in [-0.05, 0) is 6.92 Å². The highest BCUT2D eigenvalue weighted by Gasteiger charge is 2.02. The fraction of sp³-hybridized carbons (Fsp3) is 0.200. The number of rotatable bonds is 4. The minimum absolute atomic E-state index is 0.124. The van der Waals surface area contributed by atoms with E-state index in [1.165, 1.54) is 6.08 Å². The van der Waals surface area contributed by atoms with Gasteiger partial charge in [0.1, 0.15) is 5.71 Å². The maximum atomic E-state index is 9.41. The molecule has 0 aliphatic heterocycles. The van der Waals surface area contributed by atoms with Crippen molar-refractivity contribution in [3.8, 4) is 0 Å². The molecule has 0 saturated carbocycles. The molecule has 0 radical (unpaired) electrons. The van der Waals surface area contributed by atoms with Gasteiger partial charge in [-0.15, -0.1) is 0 Å². The number of aromatic nitrogens is 2. The summed E-state index contributed by atoms with van der Waals surface area (Å²) in [5, 5.41) is 17.0. The van der Waals surface area contributed by atoms with Crippen LogP contribution >= 0.6 is 0 Å². The predicted octanol–water partition coefficient (Wildman–Crippen LogP) is 2.19. The van der Waals surface area contributed by atoms with Crippen molar-refractivity contribution < 1.29 is 5.11 Å². The first-order valence-corrected chi connectivity index (χ1v) is 4.22. The zero-order valence-electron chi connectivity index (χ0n) is 8.04. The van der Waals surface area contributed by atoms with Crippen LogP contribution in [0.4, 0.5) is 0 Å². The lowest BCUT2D eigenvalue weighted by atomic mass is 10.2. The van der Waals surface area contributed by atoms with Gasteiger partial charge < -0.3 is 10.1 Å². The smallest absolute Gasteiger partial charge is 0.155 e. The van der Waals surface area contributed by atoms with Gasteiger partial charge in [-0.3, -0.25) is 5.41 Å². The molecule has 0 aromatic carbocycles. The largest absolute Gasteiger partial charge is 0.512 e. The normalized spacial score (nSPS) is 11.4. The van der Waals surface area contributed by atoms with Crippen LogP contribution in [0.25, 0.3) is 0 Å². The number of nitrogens with zero attached hydrogens (tertiary/aromatic N) is 1. The van der Waals surface area contributed by atoms with Crippen LogP contribution in [0.5, 0.6) is 0 Å². The highest BCUT2D eigenvalue weighted by Crippen LogP contribution is 2.06. The summed E-state index contributed by atoms with van der Waals surface area (Å²) in [6.45, 7) is 5.49. The lowest BCUT2D eigenvalue weighted by Crippen LogP contribution is -1.99. The third-order valence-corrected chi connectivity index (χ3v) is 1.55. The van der Waals surface area contributed by atoms with Gasteiger partial charge in [-0.1, -0.05) is 12.2 Å². The Labute approximate surface area is 82.5 Å². The molecule has 1 heterocycles. The summed E-state index contributed by atoms with van der Waals surface area (Å²) < 4.78 is 0. The van der Waals surface area contributed by atoms with Gasteiger partial charge in [-0.25, -0.2) is 4.98 Å². The van der Waals surface area contributed by atoms with Crippen LogP contribution in [-0.4, -0.2) is 20.8 Å². The van der Waals surface area contributed by atoms with Gasteiger partial charge in [0.15, 0.2) is 5.82 Å². The van der Waals surface area contributed by atoms with Gasteiger partial charge >= 0.3 is 0 Å². The van der Waals surface area contributed by atoms with Crippen LogP contribution in [-0.2, 0) is 0 Å². The first-order chi connectivity index (χ1) is 6.59. The number of hydrogen-bond acceptors (Lipinski definition) is 3. The number of H-pyrrole nitrogens is 1. The minimum atomic E-state index is 0.124. The van der Waals surface area contributed by atoms with Crippen molar-refractivity contribution in [2.75, 3.05) is 0 Å². The van der Waals surface area contributed by atoms with Crippen LogP contribution in [0, 0.1) is 5.41 Å². The third kappa shape index (κ3) is 2.90. The van der Waals surface area contributed by atoms with Gasteiger partial charge in [0.2, 0.25) is 0 Å². The molecule has 1 rings (SSSR count). The van der Waals surface area contributed by atoms with Crippen LogP contribution in [0.3, 0.4) is 0 Å². The van der Waals surface area contributed by atoms with E-state index in [4.69, 9.17) is 5.41 Å². The Morgan fingerprint density at radius 2 is 2.50 bits per heavy atom. The summed E-state index contributed by atoms with van der Waals surface area (Å²) in [5.74, 6) is 0.567. The first kappa shape index (κ1) is 10.2. The first-order valence-electron chi connectivity index (χ1n) is 4.22. The van der Waals surface area contributed by atoms with E-state index >= 15 is 0 Å². The third-order valence-electron chi connectivity index (χ3n) is 1.55. The second kappa shape index (κ2) is 4.41. The summed E-state index contributed by atoms with van der Waals surface area (Å²) in [7, 11) is 0. The molecular formula is C10H13N3O. The molecule has 74 valence electrons. The van der Waals surface area contributed by atoms with Crippen molar-refractivity contribution in [3.05, 3.63) is 42.2 Å². The Kier molecular flexibility index (Phi) is 3.23. The standard InChI is InChI=1S/C10H13N3O/c1-7(2)5-8(14)6-9(11)10-12-3-4-13-10/h3-4,6,11,14H,1,5H2,2H3,(H,12,13)/b8-6-,11-9?. The van der Waals surface area contributed by atoms with E-state index < -0.39 is 0 Å². The molecule has 0 amide bonds. The summed E-state index contributed by atoms with van der Waals surface area (Å²) in [6, 6.07) is 0. The Morgan fingerprint density at radius 3 is 3.00 bits per heavy atom. The average Bonchev–Trinajstić information content (AvgIpc) is 2.53. The highest BCUT2D eigenvalue weighted by molar-refractivity contribution is 6.03. The molecule has 14 heavy (non-hydrogen) atoms. The minimum Gasteiger partial charge on any atom is -0.512 e. The number of imidazole rings is 1. The maximum Gasteiger partial charge on any atom is 0.155 e. The average molecular weight is 191 g/mol. The number of hydrogen-bond donors (Lipinski definition) is 3. The highest BCUT2D eigenvalue weighted by atomic mass is 16.3. The van der Waals surface area contributed by atoms with E-state index in [1.807, 2.05) is 6.92 Å². The predicted molar refractivity (Wildman–Crippen MR) is 55.6 cm³/mol. The van der Waals surface area contributed by atoms with Crippen molar-refractivity contribution in [2.24, 2.45) is 0 Å². The number of nitrogens with one attached hydrogen (secondary N) is 2. The van der Waals surface area contributed by atoms with Crippen LogP contribution in [0.2, 0.25) is 0 Å². The molecule has 0 atom stereocenters. The molecule has 0 fully saturated rings. The molecule has 3 N–H and O–H groups in total. The molecule has 0 aliphatic rings. The molecule has 0 bridgehead atoms. The fourth-order valence-electron chi connectivity index (χ4n) is 1.01. The Morgan fingerprint density at radius 1 is 1.79 bits per heavy atom. The molecule has 0 unspecified atom stereocenters. The van der Waals surface area contributed by atoms with Crippen molar-refractivity contribution in [2.45, 2.75) is 13.3 Å². The summed E-state index contributed by atoms with van der Waals surface area (Å²) >= 11 is 0. The molecular weight excluding hydrogens is 178 g/mol. The van der Waals surface area contributed by atoms with E-state index in [2.05, 4.69) is 16.5 Å². The van der Waals surface area contributed by atoms with Gasteiger partial charge in [0.25, 0.3) is 0 Å². The van der Waals surface area contributed by atoms with Gasteiger partial charge in [0.05, 0.1) is 5.76 Å². The van der Waals surface area contributed by atoms with Gasteiger partial charge in [-0.2, -0.15) is 0 Å². The second-order valence-electron chi connectivity index (χ2n) is 3.12. The molecule has 0 aliphatic carbocycles. The van der Waals surface area contributed by atoms with Crippen molar-refractivity contribution in [1.29, 1.82) is 5.41 Å². The van der Waals surface area contributed by atoms with Crippen LogP contribution in [0.15, 0.2) is 36.4 Å². The van der Waals surface area contributed by atoms with E-state index in [0.29, 0.717) is 12.2 Å². The summed E-state index contributed by atoms with van der Waals surface area (Å²) in [6.07, 6.45) is 4.96. The number of aliphatic hydroxyl groups excluding tert-OH is 1. The Balaban J connectivity index is 2.68. The molecule has 1 aromatic rings. The van der Waals surface area contributed by atoms with E-state index in [1.54, 1.807) is 12.4 Å². The Bertz CT molecular complexity index is 363. The van der Waals surface area contributed by atoms with Crippen molar-refractivity contribution in [1.82, 2.24) is 9.97 Å². The lowest BCUT2D eigenvalue weighted by Gasteiger charge is -1.98. The quantitative estimate of drug-likeness (QED) is 0.387. The summed E-state index contributed by atoms with van der Waals surface area (Å²) in [4.78, 5) is 6.67. The number of aliphatic hydroxyl groups is 1. The topological polar surface area (TPSA) is 72.8 Å². The van der Waals surface area contributed by atoms with E-state index in [0.717, 1.165) is 5.57 Å². The van der Waals surface area contributed by atoms with Crippen molar-refractivity contribution in [3.63, 3.8) is 0 Å². The molecule has 4 heteroatoms. The fourth-order valence-corrected chi connectivity index (χ4v) is 1.01. The van der Waals surface area contributed by atoms with Crippen LogP contribution in [0.1, 0.15) is 19.2 Å². The maximum absolute atomic E-state index is 9.41. The summed E-state index contributed by atoms with van der Waals surface area (Å²) in [5.41, 5.74) is 1.01.